The molecule has 2 heterocycles. The highest BCUT2D eigenvalue weighted by molar-refractivity contribution is 7.80. The zero-order chi connectivity index (χ0) is 21.8. The molecule has 0 unspecified atom stereocenters. The maximum Gasteiger partial charge on any atom is 0.341 e. The van der Waals surface area contributed by atoms with Gasteiger partial charge in [0.05, 0.1) is 17.9 Å². The smallest absolute Gasteiger partial charge is 0.341 e. The molecule has 0 fully saturated rings. The van der Waals surface area contributed by atoms with Gasteiger partial charge in [-0.3, -0.25) is 4.68 Å². The van der Waals surface area contributed by atoms with Gasteiger partial charge in [0, 0.05) is 36.8 Å². The molecule has 2 aromatic heterocycles. The SMILES string of the molecule is CCOC(=O)c1c(NC(=S)N(C)Cc2c(C)nn(C)c2C)sc2c1CCCCCC2. The Kier molecular flexibility index (Phi) is 7.52. The molecule has 0 bridgehead atoms. The van der Waals surface area contributed by atoms with Gasteiger partial charge in [-0.1, -0.05) is 12.8 Å². The van der Waals surface area contributed by atoms with E-state index in [2.05, 4.69) is 17.3 Å². The Morgan fingerprint density at radius 2 is 1.97 bits per heavy atom. The minimum atomic E-state index is -0.248. The number of nitrogens with one attached hydrogen (secondary N) is 1. The number of esters is 1. The third-order valence-corrected chi connectivity index (χ3v) is 7.39. The highest BCUT2D eigenvalue weighted by Gasteiger charge is 2.26. The van der Waals surface area contributed by atoms with E-state index in [1.165, 1.54) is 29.7 Å². The largest absolute Gasteiger partial charge is 0.462 e. The van der Waals surface area contributed by atoms with Crippen LogP contribution in [0.3, 0.4) is 0 Å². The number of nitrogens with zero attached hydrogens (tertiary/aromatic N) is 3. The molecule has 0 atom stereocenters. The fraction of sp³-hybridized carbons (Fsp3) is 0.591. The van der Waals surface area contributed by atoms with Crippen molar-refractivity contribution in [3.8, 4) is 0 Å². The molecule has 0 saturated carbocycles. The first-order chi connectivity index (χ1) is 14.3. The Bertz CT molecular complexity index is 932. The summed E-state index contributed by atoms with van der Waals surface area (Å²) in [6.45, 7) is 6.96. The highest BCUT2D eigenvalue weighted by Crippen LogP contribution is 2.37. The van der Waals surface area contributed by atoms with Crippen LogP contribution >= 0.6 is 23.6 Å². The van der Waals surface area contributed by atoms with Gasteiger partial charge >= 0.3 is 5.97 Å². The average Bonchev–Trinajstić information content (AvgIpc) is 3.12. The first kappa shape index (κ1) is 22.7. The van der Waals surface area contributed by atoms with Crippen molar-refractivity contribution in [3.63, 3.8) is 0 Å². The second-order valence-corrected chi connectivity index (χ2v) is 9.39. The van der Waals surface area contributed by atoms with Gasteiger partial charge in [-0.15, -0.1) is 11.3 Å². The minimum Gasteiger partial charge on any atom is -0.462 e. The quantitative estimate of drug-likeness (QED) is 0.526. The number of ether oxygens (including phenoxy) is 1. The van der Waals surface area contributed by atoms with Gasteiger partial charge in [0.2, 0.25) is 0 Å². The van der Waals surface area contributed by atoms with Crippen molar-refractivity contribution in [2.24, 2.45) is 7.05 Å². The molecule has 0 aliphatic heterocycles. The molecular formula is C22H32N4O2S2. The number of fused-ring (bicyclic) bond motifs is 1. The number of thiocarbonyl (C=S) groups is 1. The molecule has 0 radical (unpaired) electrons. The Morgan fingerprint density at radius 3 is 2.60 bits per heavy atom. The lowest BCUT2D eigenvalue weighted by Crippen LogP contribution is -2.31. The zero-order valence-corrected chi connectivity index (χ0v) is 20.3. The molecule has 2 aromatic rings. The number of carbonyl (C=O) groups is 1. The fourth-order valence-corrected chi connectivity index (χ4v) is 5.48. The highest BCUT2D eigenvalue weighted by atomic mass is 32.1. The summed E-state index contributed by atoms with van der Waals surface area (Å²) in [5.74, 6) is -0.248. The summed E-state index contributed by atoms with van der Waals surface area (Å²) in [5.41, 5.74) is 5.16. The van der Waals surface area contributed by atoms with Crippen LogP contribution in [0.4, 0.5) is 5.00 Å². The van der Waals surface area contributed by atoms with Crippen molar-refractivity contribution < 1.29 is 9.53 Å². The van der Waals surface area contributed by atoms with Crippen LogP contribution < -0.4 is 5.32 Å². The normalized spacial score (nSPS) is 13.9. The second kappa shape index (κ2) is 9.92. The topological polar surface area (TPSA) is 59.4 Å². The van der Waals surface area contributed by atoms with Crippen LogP contribution in [0.1, 0.15) is 70.4 Å². The van der Waals surface area contributed by atoms with Crippen molar-refractivity contribution in [2.75, 3.05) is 19.0 Å². The molecule has 1 N–H and O–H groups in total. The van der Waals surface area contributed by atoms with E-state index in [1.807, 2.05) is 37.5 Å². The third kappa shape index (κ3) is 4.86. The number of aryl methyl sites for hydroxylation is 3. The average molecular weight is 449 g/mol. The van der Waals surface area contributed by atoms with Crippen LogP contribution in [-0.2, 0) is 31.2 Å². The number of carbonyl (C=O) groups excluding carboxylic acids is 1. The molecule has 1 aliphatic carbocycles. The molecule has 30 heavy (non-hydrogen) atoms. The molecule has 3 rings (SSSR count). The van der Waals surface area contributed by atoms with E-state index in [1.54, 1.807) is 11.3 Å². The summed E-state index contributed by atoms with van der Waals surface area (Å²) >= 11 is 7.36. The summed E-state index contributed by atoms with van der Waals surface area (Å²) in [4.78, 5) is 16.1. The van der Waals surface area contributed by atoms with Crippen LogP contribution in [-0.4, -0.2) is 39.4 Å². The number of rotatable bonds is 5. The maximum absolute atomic E-state index is 12.8. The lowest BCUT2D eigenvalue weighted by molar-refractivity contribution is 0.0526. The second-order valence-electron chi connectivity index (χ2n) is 7.90. The first-order valence-electron chi connectivity index (χ1n) is 10.7. The summed E-state index contributed by atoms with van der Waals surface area (Å²) in [5, 5.41) is 9.27. The number of thiophene rings is 1. The van der Waals surface area contributed by atoms with Crippen LogP contribution in [0.25, 0.3) is 0 Å². The molecule has 8 heteroatoms. The molecule has 0 aromatic carbocycles. The predicted molar refractivity (Wildman–Crippen MR) is 127 cm³/mol. The van der Waals surface area contributed by atoms with Crippen molar-refractivity contribution >= 4 is 39.6 Å². The van der Waals surface area contributed by atoms with Gasteiger partial charge in [-0.2, -0.15) is 5.10 Å². The van der Waals surface area contributed by atoms with E-state index in [4.69, 9.17) is 17.0 Å². The summed E-state index contributed by atoms with van der Waals surface area (Å²) in [6, 6.07) is 0. The lowest BCUT2D eigenvalue weighted by Gasteiger charge is -2.21. The van der Waals surface area contributed by atoms with Crippen molar-refractivity contribution in [2.45, 2.75) is 65.8 Å². The van der Waals surface area contributed by atoms with Crippen molar-refractivity contribution in [1.29, 1.82) is 0 Å². The number of aromatic nitrogens is 2. The molecule has 164 valence electrons. The maximum atomic E-state index is 12.8. The van der Waals surface area contributed by atoms with Gasteiger partial charge in [0.1, 0.15) is 5.00 Å². The van der Waals surface area contributed by atoms with E-state index in [9.17, 15) is 4.79 Å². The Morgan fingerprint density at radius 1 is 1.27 bits per heavy atom. The van der Waals surface area contributed by atoms with Crippen LogP contribution in [0.15, 0.2) is 0 Å². The van der Waals surface area contributed by atoms with Gasteiger partial charge in [0.25, 0.3) is 0 Å². The standard InChI is InChI=1S/C22H32N4O2S2/c1-6-28-21(27)19-16-11-9-7-8-10-12-18(16)30-20(19)23-22(29)25(4)13-17-14(2)24-26(5)15(17)3/h6-13H2,1-5H3,(H,23,29). The molecule has 0 amide bonds. The van der Waals surface area contributed by atoms with E-state index in [0.29, 0.717) is 23.8 Å². The third-order valence-electron chi connectivity index (χ3n) is 5.77. The van der Waals surface area contributed by atoms with Gasteiger partial charge in [-0.25, -0.2) is 4.79 Å². The zero-order valence-electron chi connectivity index (χ0n) is 18.6. The molecule has 6 nitrogen and oxygen atoms in total. The van der Waals surface area contributed by atoms with E-state index in [0.717, 1.165) is 41.2 Å². The molecule has 0 spiro atoms. The Hall–Kier alpha value is -1.93. The van der Waals surface area contributed by atoms with Crippen LogP contribution in [0, 0.1) is 13.8 Å². The van der Waals surface area contributed by atoms with E-state index < -0.39 is 0 Å². The van der Waals surface area contributed by atoms with Gasteiger partial charge < -0.3 is 15.0 Å². The number of anilines is 1. The van der Waals surface area contributed by atoms with Crippen molar-refractivity contribution in [3.05, 3.63) is 33.0 Å². The van der Waals surface area contributed by atoms with E-state index >= 15 is 0 Å². The monoisotopic (exact) mass is 448 g/mol. The van der Waals surface area contributed by atoms with Crippen LogP contribution in [0.5, 0.6) is 0 Å². The Labute approximate surface area is 188 Å². The molecule has 0 saturated heterocycles. The summed E-state index contributed by atoms with van der Waals surface area (Å²) < 4.78 is 7.29. The minimum absolute atomic E-state index is 0.248. The van der Waals surface area contributed by atoms with Gasteiger partial charge in [0.15, 0.2) is 5.11 Å². The van der Waals surface area contributed by atoms with Gasteiger partial charge in [-0.05, 0) is 64.2 Å². The Balaban J connectivity index is 1.84. The number of hydrogen-bond donors (Lipinski definition) is 1. The fourth-order valence-electron chi connectivity index (χ4n) is 3.97. The molecule has 1 aliphatic rings. The summed E-state index contributed by atoms with van der Waals surface area (Å²) in [6.07, 6.45) is 6.69. The predicted octanol–water partition coefficient (Wildman–Crippen LogP) is 4.76. The molecular weight excluding hydrogens is 416 g/mol. The lowest BCUT2D eigenvalue weighted by atomic mass is 9.96. The van der Waals surface area contributed by atoms with Crippen LogP contribution in [0.2, 0.25) is 0 Å². The van der Waals surface area contributed by atoms with Crippen molar-refractivity contribution in [1.82, 2.24) is 14.7 Å². The first-order valence-corrected chi connectivity index (χ1v) is 11.9. The summed E-state index contributed by atoms with van der Waals surface area (Å²) in [7, 11) is 3.92. The van der Waals surface area contributed by atoms with E-state index in [-0.39, 0.29) is 5.97 Å². The number of hydrogen-bond acceptors (Lipinski definition) is 5.